The number of carbonyl (C=O) groups excluding carboxylic acids is 1. The lowest BCUT2D eigenvalue weighted by Gasteiger charge is -2.05. The van der Waals surface area contributed by atoms with Gasteiger partial charge in [-0.25, -0.2) is 14.3 Å². The number of aromatic nitrogens is 4. The van der Waals surface area contributed by atoms with Gasteiger partial charge < -0.3 is 4.74 Å². The van der Waals surface area contributed by atoms with E-state index in [0.717, 1.165) is 0 Å². The van der Waals surface area contributed by atoms with E-state index in [2.05, 4.69) is 15.1 Å². The smallest absolute Gasteiger partial charge is 0.341 e. The number of benzene rings is 1. The molecule has 0 unspecified atom stereocenters. The highest BCUT2D eigenvalue weighted by atomic mass is 35.5. The summed E-state index contributed by atoms with van der Waals surface area (Å²) >= 11 is 6.17. The molecule has 3 aromatic rings. The summed E-state index contributed by atoms with van der Waals surface area (Å²) in [6.45, 7) is 3.83. The van der Waals surface area contributed by atoms with Gasteiger partial charge in [0.2, 0.25) is 0 Å². The van der Waals surface area contributed by atoms with Crippen molar-refractivity contribution in [2.75, 3.05) is 6.61 Å². The zero-order chi connectivity index (χ0) is 15.7. The number of hydrogen-bond donors (Lipinski definition) is 0. The summed E-state index contributed by atoms with van der Waals surface area (Å²) in [5.41, 5.74) is 1.70. The van der Waals surface area contributed by atoms with Crippen molar-refractivity contribution in [1.29, 1.82) is 0 Å². The maximum absolute atomic E-state index is 11.9. The van der Waals surface area contributed by atoms with E-state index < -0.39 is 5.97 Å². The highest BCUT2D eigenvalue weighted by molar-refractivity contribution is 6.33. The molecule has 2 aromatic heterocycles. The summed E-state index contributed by atoms with van der Waals surface area (Å²) in [5.74, 6) is 0.437. The van der Waals surface area contributed by atoms with Crippen LogP contribution in [0.4, 0.5) is 0 Å². The molecule has 0 aliphatic carbocycles. The van der Waals surface area contributed by atoms with Gasteiger partial charge in [0.25, 0.3) is 5.78 Å². The number of aryl methyl sites for hydroxylation is 1. The summed E-state index contributed by atoms with van der Waals surface area (Å²) in [7, 11) is 0. The van der Waals surface area contributed by atoms with E-state index in [9.17, 15) is 4.79 Å². The van der Waals surface area contributed by atoms with Gasteiger partial charge in [-0.3, -0.25) is 0 Å². The minimum Gasteiger partial charge on any atom is -0.462 e. The zero-order valence-electron chi connectivity index (χ0n) is 12.1. The van der Waals surface area contributed by atoms with Crippen LogP contribution >= 0.6 is 11.6 Å². The van der Waals surface area contributed by atoms with Crippen molar-refractivity contribution in [3.05, 3.63) is 46.7 Å². The molecule has 0 amide bonds. The third-order valence-corrected chi connectivity index (χ3v) is 3.55. The number of hydrogen-bond acceptors (Lipinski definition) is 5. The molecule has 2 heterocycles. The van der Waals surface area contributed by atoms with Crippen LogP contribution in [0.5, 0.6) is 0 Å². The molecule has 6 nitrogen and oxygen atoms in total. The fraction of sp³-hybridized carbons (Fsp3) is 0.200. The molecule has 0 radical (unpaired) electrons. The van der Waals surface area contributed by atoms with Crippen LogP contribution in [0.25, 0.3) is 17.2 Å². The van der Waals surface area contributed by atoms with E-state index in [0.29, 0.717) is 40.1 Å². The van der Waals surface area contributed by atoms with Crippen molar-refractivity contribution >= 4 is 23.3 Å². The van der Waals surface area contributed by atoms with Crippen LogP contribution in [0.2, 0.25) is 5.02 Å². The SMILES string of the molecule is CCOC(=O)c1cnc2nc(-c3ccccc3Cl)nn2c1C. The van der Waals surface area contributed by atoms with Gasteiger partial charge in [-0.05, 0) is 26.0 Å². The zero-order valence-corrected chi connectivity index (χ0v) is 12.8. The van der Waals surface area contributed by atoms with Crippen molar-refractivity contribution in [3.8, 4) is 11.4 Å². The van der Waals surface area contributed by atoms with E-state index in [1.165, 1.54) is 10.7 Å². The Morgan fingerprint density at radius 2 is 2.14 bits per heavy atom. The molecule has 112 valence electrons. The van der Waals surface area contributed by atoms with Gasteiger partial charge in [-0.1, -0.05) is 23.7 Å². The maximum atomic E-state index is 11.9. The largest absolute Gasteiger partial charge is 0.462 e. The lowest BCUT2D eigenvalue weighted by atomic mass is 10.2. The van der Waals surface area contributed by atoms with Crippen LogP contribution in [0, 0.1) is 6.92 Å². The number of ether oxygens (including phenoxy) is 1. The molecule has 3 rings (SSSR count). The van der Waals surface area contributed by atoms with Crippen molar-refractivity contribution in [1.82, 2.24) is 19.6 Å². The van der Waals surface area contributed by atoms with Gasteiger partial charge in [0, 0.05) is 11.8 Å². The van der Waals surface area contributed by atoms with Gasteiger partial charge in [-0.2, -0.15) is 4.98 Å². The fourth-order valence-corrected chi connectivity index (χ4v) is 2.33. The van der Waals surface area contributed by atoms with Crippen LogP contribution in [0.3, 0.4) is 0 Å². The molecule has 0 aliphatic heterocycles. The highest BCUT2D eigenvalue weighted by Crippen LogP contribution is 2.25. The second-order valence-electron chi connectivity index (χ2n) is 4.60. The predicted molar refractivity (Wildman–Crippen MR) is 81.9 cm³/mol. The molecule has 0 saturated heterocycles. The monoisotopic (exact) mass is 316 g/mol. The van der Waals surface area contributed by atoms with E-state index in [-0.39, 0.29) is 0 Å². The number of rotatable bonds is 3. The Morgan fingerprint density at radius 3 is 2.86 bits per heavy atom. The molecule has 0 aliphatic rings. The summed E-state index contributed by atoms with van der Waals surface area (Å²) in [5, 5.41) is 4.95. The average Bonchev–Trinajstić information content (AvgIpc) is 2.93. The standard InChI is InChI=1S/C15H13ClN4O2/c1-3-22-14(21)11-8-17-15-18-13(19-20(15)9(11)2)10-6-4-5-7-12(10)16/h4-8H,3H2,1-2H3. The summed E-state index contributed by atoms with van der Waals surface area (Å²) < 4.78 is 6.53. The third kappa shape index (κ3) is 2.42. The van der Waals surface area contributed by atoms with E-state index in [1.807, 2.05) is 18.2 Å². The van der Waals surface area contributed by atoms with E-state index in [1.54, 1.807) is 19.9 Å². The molecular weight excluding hydrogens is 304 g/mol. The summed E-state index contributed by atoms with van der Waals surface area (Å²) in [4.78, 5) is 20.4. The first kappa shape index (κ1) is 14.5. The second-order valence-corrected chi connectivity index (χ2v) is 5.01. The molecule has 7 heteroatoms. The Balaban J connectivity index is 2.13. The molecule has 0 N–H and O–H groups in total. The lowest BCUT2D eigenvalue weighted by molar-refractivity contribution is 0.0524. The number of esters is 1. The average molecular weight is 317 g/mol. The van der Waals surface area contributed by atoms with Gasteiger partial charge in [0.15, 0.2) is 5.82 Å². The van der Waals surface area contributed by atoms with Crippen molar-refractivity contribution in [3.63, 3.8) is 0 Å². The van der Waals surface area contributed by atoms with Crippen LogP contribution in [-0.2, 0) is 4.74 Å². The van der Waals surface area contributed by atoms with Gasteiger partial charge in [0.05, 0.1) is 22.9 Å². The number of halogens is 1. The Morgan fingerprint density at radius 1 is 1.36 bits per heavy atom. The minimum atomic E-state index is -0.427. The lowest BCUT2D eigenvalue weighted by Crippen LogP contribution is -2.11. The van der Waals surface area contributed by atoms with Gasteiger partial charge >= 0.3 is 5.97 Å². The normalized spacial score (nSPS) is 10.9. The Hall–Kier alpha value is -2.47. The van der Waals surface area contributed by atoms with Gasteiger partial charge in [-0.15, -0.1) is 5.10 Å². The van der Waals surface area contributed by atoms with Crippen LogP contribution < -0.4 is 0 Å². The van der Waals surface area contributed by atoms with Crippen LogP contribution in [-0.4, -0.2) is 32.2 Å². The van der Waals surface area contributed by atoms with Crippen molar-refractivity contribution in [2.24, 2.45) is 0 Å². The first-order valence-electron chi connectivity index (χ1n) is 6.76. The van der Waals surface area contributed by atoms with Crippen molar-refractivity contribution < 1.29 is 9.53 Å². The number of nitrogens with zero attached hydrogens (tertiary/aromatic N) is 4. The minimum absolute atomic E-state index is 0.304. The fourth-order valence-electron chi connectivity index (χ4n) is 2.11. The third-order valence-electron chi connectivity index (χ3n) is 3.22. The molecule has 0 bridgehead atoms. The topological polar surface area (TPSA) is 69.4 Å². The number of carbonyl (C=O) groups is 1. The predicted octanol–water partition coefficient (Wildman–Crippen LogP) is 2.93. The highest BCUT2D eigenvalue weighted by Gasteiger charge is 2.17. The molecule has 0 spiro atoms. The first-order chi connectivity index (χ1) is 10.6. The maximum Gasteiger partial charge on any atom is 0.341 e. The van der Waals surface area contributed by atoms with E-state index in [4.69, 9.17) is 16.3 Å². The molecule has 0 saturated carbocycles. The van der Waals surface area contributed by atoms with E-state index >= 15 is 0 Å². The molecular formula is C15H13ClN4O2. The summed E-state index contributed by atoms with van der Waals surface area (Å²) in [6.07, 6.45) is 1.45. The van der Waals surface area contributed by atoms with Crippen molar-refractivity contribution in [2.45, 2.75) is 13.8 Å². The molecule has 0 atom stereocenters. The van der Waals surface area contributed by atoms with Gasteiger partial charge in [0.1, 0.15) is 0 Å². The van der Waals surface area contributed by atoms with Crippen LogP contribution in [0.15, 0.2) is 30.5 Å². The molecule has 1 aromatic carbocycles. The second kappa shape index (κ2) is 5.73. The number of fused-ring (bicyclic) bond motifs is 1. The quantitative estimate of drug-likeness (QED) is 0.695. The molecule has 0 fully saturated rings. The first-order valence-corrected chi connectivity index (χ1v) is 7.14. The molecule has 22 heavy (non-hydrogen) atoms. The Labute approximate surface area is 131 Å². The Kier molecular flexibility index (Phi) is 3.77. The Bertz CT molecular complexity index is 860. The summed E-state index contributed by atoms with van der Waals surface area (Å²) in [6, 6.07) is 7.30. The van der Waals surface area contributed by atoms with Crippen LogP contribution in [0.1, 0.15) is 23.0 Å².